The van der Waals surface area contributed by atoms with Gasteiger partial charge in [-0.3, -0.25) is 0 Å². The van der Waals surface area contributed by atoms with Crippen molar-refractivity contribution in [3.8, 4) is 0 Å². The second-order valence-corrected chi connectivity index (χ2v) is 7.67. The molecular weight excluding hydrogens is 274 g/mol. The Labute approximate surface area is 121 Å². The monoisotopic (exact) mass is 299 g/mol. The Morgan fingerprint density at radius 2 is 2.10 bits per heavy atom. The molecule has 0 saturated heterocycles. The van der Waals surface area contributed by atoms with Crippen molar-refractivity contribution in [2.45, 2.75) is 69.5 Å². The van der Waals surface area contributed by atoms with Gasteiger partial charge in [0.25, 0.3) is 0 Å². The van der Waals surface area contributed by atoms with Gasteiger partial charge in [0.2, 0.25) is 10.0 Å². The normalized spacial score (nSPS) is 18.2. The van der Waals surface area contributed by atoms with Gasteiger partial charge in [0.1, 0.15) is 0 Å². The summed E-state index contributed by atoms with van der Waals surface area (Å²) in [5.41, 5.74) is 0.671. The highest BCUT2D eigenvalue weighted by molar-refractivity contribution is 7.89. The summed E-state index contributed by atoms with van der Waals surface area (Å²) in [5.74, 6) is 0. The van der Waals surface area contributed by atoms with Crippen molar-refractivity contribution >= 4 is 10.0 Å². The van der Waals surface area contributed by atoms with Gasteiger partial charge < -0.3 is 10.3 Å². The van der Waals surface area contributed by atoms with E-state index in [1.165, 1.54) is 0 Å². The van der Waals surface area contributed by atoms with Crippen molar-refractivity contribution < 1.29 is 8.42 Å². The number of nitrogens with one attached hydrogen (secondary N) is 3. The van der Waals surface area contributed by atoms with E-state index in [2.05, 4.69) is 28.9 Å². The summed E-state index contributed by atoms with van der Waals surface area (Å²) < 4.78 is 27.7. The van der Waals surface area contributed by atoms with Gasteiger partial charge in [-0.05, 0) is 31.7 Å². The van der Waals surface area contributed by atoms with Crippen LogP contribution in [0.1, 0.15) is 52.1 Å². The Kier molecular flexibility index (Phi) is 4.56. The third-order valence-electron chi connectivity index (χ3n) is 4.07. The predicted octanol–water partition coefficient (Wildman–Crippen LogP) is 2.12. The SMILES string of the molecule is CCC1(NS(=O)(=O)c2c[nH]c(CNC(C)C)c2)CCC1. The second kappa shape index (κ2) is 5.87. The molecule has 0 unspecified atom stereocenters. The second-order valence-electron chi connectivity index (χ2n) is 5.99. The molecule has 114 valence electrons. The molecule has 0 radical (unpaired) electrons. The molecule has 1 heterocycles. The maximum absolute atomic E-state index is 12.4. The van der Waals surface area contributed by atoms with Crippen LogP contribution in [0.4, 0.5) is 0 Å². The van der Waals surface area contributed by atoms with E-state index < -0.39 is 10.0 Å². The summed E-state index contributed by atoms with van der Waals surface area (Å²) in [6.07, 6.45) is 5.40. The number of hydrogen-bond donors (Lipinski definition) is 3. The maximum Gasteiger partial charge on any atom is 0.242 e. The lowest BCUT2D eigenvalue weighted by molar-refractivity contribution is 0.214. The lowest BCUT2D eigenvalue weighted by Crippen LogP contribution is -2.52. The van der Waals surface area contributed by atoms with E-state index in [1.807, 2.05) is 6.92 Å². The number of rotatable bonds is 7. The molecule has 6 heteroatoms. The fourth-order valence-corrected chi connectivity index (χ4v) is 4.01. The number of aromatic nitrogens is 1. The minimum atomic E-state index is -3.42. The average Bonchev–Trinajstić information content (AvgIpc) is 2.81. The van der Waals surface area contributed by atoms with Gasteiger partial charge in [0.15, 0.2) is 0 Å². The summed E-state index contributed by atoms with van der Waals surface area (Å²) in [6.45, 7) is 6.80. The van der Waals surface area contributed by atoms with Crippen LogP contribution in [-0.2, 0) is 16.6 Å². The van der Waals surface area contributed by atoms with Crippen molar-refractivity contribution in [1.29, 1.82) is 0 Å². The molecule has 1 aliphatic rings. The Morgan fingerprint density at radius 1 is 1.40 bits per heavy atom. The first-order chi connectivity index (χ1) is 9.37. The van der Waals surface area contributed by atoms with Crippen LogP contribution < -0.4 is 10.0 Å². The summed E-state index contributed by atoms with van der Waals surface area (Å²) in [4.78, 5) is 3.36. The molecule has 0 bridgehead atoms. The van der Waals surface area contributed by atoms with Crippen LogP contribution in [0, 0.1) is 0 Å². The Bertz CT molecular complexity index is 539. The van der Waals surface area contributed by atoms with Crippen LogP contribution in [0.2, 0.25) is 0 Å². The molecule has 0 aromatic carbocycles. The standard InChI is InChI=1S/C14H25N3O2S/c1-4-14(6-5-7-14)17-20(18,19)13-8-12(16-10-13)9-15-11(2)3/h8,10-11,15-17H,4-7,9H2,1-3H3. The van der Waals surface area contributed by atoms with Crippen LogP contribution in [0.15, 0.2) is 17.2 Å². The third-order valence-corrected chi connectivity index (χ3v) is 5.62. The number of hydrogen-bond acceptors (Lipinski definition) is 3. The van der Waals surface area contributed by atoms with E-state index in [0.29, 0.717) is 17.5 Å². The van der Waals surface area contributed by atoms with Crippen molar-refractivity contribution in [2.24, 2.45) is 0 Å². The van der Waals surface area contributed by atoms with E-state index in [4.69, 9.17) is 0 Å². The Balaban J connectivity index is 2.06. The van der Waals surface area contributed by atoms with Gasteiger partial charge in [-0.15, -0.1) is 0 Å². The van der Waals surface area contributed by atoms with Crippen molar-refractivity contribution in [3.63, 3.8) is 0 Å². The fraction of sp³-hybridized carbons (Fsp3) is 0.714. The van der Waals surface area contributed by atoms with E-state index in [9.17, 15) is 8.42 Å². The lowest BCUT2D eigenvalue weighted by Gasteiger charge is -2.41. The lowest BCUT2D eigenvalue weighted by atomic mass is 9.76. The first-order valence-corrected chi connectivity index (χ1v) is 8.80. The van der Waals surface area contributed by atoms with Crippen LogP contribution in [0.25, 0.3) is 0 Å². The average molecular weight is 299 g/mol. The van der Waals surface area contributed by atoms with Gasteiger partial charge in [0, 0.05) is 30.0 Å². The van der Waals surface area contributed by atoms with Crippen LogP contribution >= 0.6 is 0 Å². The minimum absolute atomic E-state index is 0.216. The molecule has 20 heavy (non-hydrogen) atoms. The molecule has 3 N–H and O–H groups in total. The maximum atomic E-state index is 12.4. The molecule has 0 atom stereocenters. The summed E-state index contributed by atoms with van der Waals surface area (Å²) >= 11 is 0. The van der Waals surface area contributed by atoms with Crippen LogP contribution in [0.5, 0.6) is 0 Å². The van der Waals surface area contributed by atoms with E-state index in [0.717, 1.165) is 31.4 Å². The molecule has 0 amide bonds. The minimum Gasteiger partial charge on any atom is -0.363 e. The van der Waals surface area contributed by atoms with Gasteiger partial charge >= 0.3 is 0 Å². The molecule has 1 aliphatic carbocycles. The topological polar surface area (TPSA) is 74.0 Å². The molecular formula is C14H25N3O2S. The van der Waals surface area contributed by atoms with Crippen molar-refractivity contribution in [3.05, 3.63) is 18.0 Å². The van der Waals surface area contributed by atoms with E-state index in [1.54, 1.807) is 12.3 Å². The molecule has 0 spiro atoms. The van der Waals surface area contributed by atoms with Gasteiger partial charge in [-0.1, -0.05) is 20.8 Å². The molecule has 0 aliphatic heterocycles. The highest BCUT2D eigenvalue weighted by atomic mass is 32.2. The third kappa shape index (κ3) is 3.42. The van der Waals surface area contributed by atoms with Gasteiger partial charge in [-0.25, -0.2) is 13.1 Å². The largest absolute Gasteiger partial charge is 0.363 e. The van der Waals surface area contributed by atoms with Gasteiger partial charge in [0.05, 0.1) is 4.90 Å². The molecule has 1 aromatic heterocycles. The van der Waals surface area contributed by atoms with Gasteiger partial charge in [-0.2, -0.15) is 0 Å². The number of H-pyrrole nitrogens is 1. The molecule has 2 rings (SSSR count). The van der Waals surface area contributed by atoms with Crippen LogP contribution in [0.3, 0.4) is 0 Å². The summed E-state index contributed by atoms with van der Waals surface area (Å²) in [5, 5.41) is 3.26. The van der Waals surface area contributed by atoms with E-state index >= 15 is 0 Å². The Hall–Kier alpha value is -0.850. The zero-order valence-corrected chi connectivity index (χ0v) is 13.3. The first-order valence-electron chi connectivity index (χ1n) is 7.31. The molecule has 5 nitrogen and oxygen atoms in total. The number of sulfonamides is 1. The zero-order valence-electron chi connectivity index (χ0n) is 12.5. The highest BCUT2D eigenvalue weighted by Crippen LogP contribution is 2.36. The Morgan fingerprint density at radius 3 is 2.60 bits per heavy atom. The summed E-state index contributed by atoms with van der Waals surface area (Å²) in [7, 11) is -3.42. The predicted molar refractivity (Wildman–Crippen MR) is 80.0 cm³/mol. The zero-order chi connectivity index (χ0) is 14.8. The fourth-order valence-electron chi connectivity index (χ4n) is 2.47. The first kappa shape index (κ1) is 15.5. The highest BCUT2D eigenvalue weighted by Gasteiger charge is 2.39. The summed E-state index contributed by atoms with van der Waals surface area (Å²) in [6, 6.07) is 2.08. The quantitative estimate of drug-likeness (QED) is 0.722. The molecule has 1 aromatic rings. The molecule has 1 saturated carbocycles. The van der Waals surface area contributed by atoms with Crippen LogP contribution in [-0.4, -0.2) is 25.0 Å². The van der Waals surface area contributed by atoms with Crippen molar-refractivity contribution in [2.75, 3.05) is 0 Å². The van der Waals surface area contributed by atoms with E-state index in [-0.39, 0.29) is 5.54 Å². The number of aromatic amines is 1. The van der Waals surface area contributed by atoms with Crippen molar-refractivity contribution in [1.82, 2.24) is 15.0 Å². The molecule has 1 fully saturated rings. The smallest absolute Gasteiger partial charge is 0.242 e.